The molecule has 0 spiro atoms. The largest absolute Gasteiger partial charge is 0.494 e. The molecule has 7 nitrogen and oxygen atoms in total. The molecule has 2 heterocycles. The van der Waals surface area contributed by atoms with Gasteiger partial charge in [-0.25, -0.2) is 4.39 Å². The van der Waals surface area contributed by atoms with E-state index < -0.39 is 10.7 Å². The van der Waals surface area contributed by atoms with E-state index >= 15 is 0 Å². The summed E-state index contributed by atoms with van der Waals surface area (Å²) < 4.78 is 18.7. The lowest BCUT2D eigenvalue weighted by Crippen LogP contribution is -2.30. The number of hydrogen-bond donors (Lipinski definition) is 1. The summed E-state index contributed by atoms with van der Waals surface area (Å²) in [6.07, 6.45) is 0.544. The molecule has 0 bridgehead atoms. The summed E-state index contributed by atoms with van der Waals surface area (Å²) >= 11 is 1.31. The second-order valence-corrected chi connectivity index (χ2v) is 6.40. The summed E-state index contributed by atoms with van der Waals surface area (Å²) in [6, 6.07) is 4.30. The molecule has 0 aliphatic carbocycles. The van der Waals surface area contributed by atoms with Gasteiger partial charge in [-0.2, -0.15) is 5.26 Å². The quantitative estimate of drug-likeness (QED) is 0.675. The third kappa shape index (κ3) is 2.51. The van der Waals surface area contributed by atoms with Gasteiger partial charge in [0.1, 0.15) is 16.8 Å². The van der Waals surface area contributed by atoms with Crippen molar-refractivity contribution in [2.24, 2.45) is 0 Å². The number of anilines is 2. The van der Waals surface area contributed by atoms with Crippen molar-refractivity contribution in [1.82, 2.24) is 0 Å². The van der Waals surface area contributed by atoms with Crippen LogP contribution in [0.15, 0.2) is 12.1 Å². The molecule has 0 atom stereocenters. The van der Waals surface area contributed by atoms with Crippen molar-refractivity contribution in [3.63, 3.8) is 0 Å². The SMILES string of the molecule is COc1cc(N2CCc3c(sc(N)c3C#N)C2)c([N+](=O)[O-])cc1F. The number of hydrogen-bond acceptors (Lipinski definition) is 7. The molecule has 124 valence electrons. The summed E-state index contributed by atoms with van der Waals surface area (Å²) in [4.78, 5) is 13.3. The Morgan fingerprint density at radius 2 is 2.29 bits per heavy atom. The van der Waals surface area contributed by atoms with Gasteiger partial charge >= 0.3 is 0 Å². The Labute approximate surface area is 140 Å². The van der Waals surface area contributed by atoms with E-state index in [9.17, 15) is 19.8 Å². The minimum absolute atomic E-state index is 0.0511. The molecule has 1 aliphatic heterocycles. The number of rotatable bonds is 3. The minimum atomic E-state index is -0.780. The third-order valence-corrected chi connectivity index (χ3v) is 5.03. The van der Waals surface area contributed by atoms with E-state index in [1.54, 1.807) is 4.90 Å². The molecule has 1 aromatic carbocycles. The number of ether oxygens (including phenoxy) is 1. The Balaban J connectivity index is 2.04. The van der Waals surface area contributed by atoms with E-state index in [4.69, 9.17) is 10.5 Å². The first-order chi connectivity index (χ1) is 11.5. The van der Waals surface area contributed by atoms with Crippen LogP contribution >= 0.6 is 11.3 Å². The van der Waals surface area contributed by atoms with Crippen LogP contribution in [0.2, 0.25) is 0 Å². The number of nitriles is 1. The van der Waals surface area contributed by atoms with E-state index in [-0.39, 0.29) is 17.1 Å². The second kappa shape index (κ2) is 5.98. The van der Waals surface area contributed by atoms with Gasteiger partial charge in [-0.3, -0.25) is 10.1 Å². The molecule has 0 saturated heterocycles. The van der Waals surface area contributed by atoms with Crippen LogP contribution in [0.4, 0.5) is 20.8 Å². The van der Waals surface area contributed by atoms with E-state index in [2.05, 4.69) is 6.07 Å². The fourth-order valence-corrected chi connectivity index (χ4v) is 3.93. The summed E-state index contributed by atoms with van der Waals surface area (Å²) in [5.74, 6) is -0.831. The maximum Gasteiger partial charge on any atom is 0.295 e. The van der Waals surface area contributed by atoms with Crippen LogP contribution in [0, 0.1) is 27.3 Å². The predicted octanol–water partition coefficient (Wildman–Crippen LogP) is 2.82. The highest BCUT2D eigenvalue weighted by Crippen LogP contribution is 2.40. The van der Waals surface area contributed by atoms with E-state index in [0.717, 1.165) is 16.5 Å². The van der Waals surface area contributed by atoms with Crippen LogP contribution in [-0.2, 0) is 13.0 Å². The molecule has 0 amide bonds. The maximum absolute atomic E-state index is 13.8. The minimum Gasteiger partial charge on any atom is -0.494 e. The summed E-state index contributed by atoms with van der Waals surface area (Å²) in [5.41, 5.74) is 7.21. The lowest BCUT2D eigenvalue weighted by molar-refractivity contribution is -0.384. The van der Waals surface area contributed by atoms with Crippen molar-refractivity contribution < 1.29 is 14.1 Å². The molecular weight excluding hydrogens is 335 g/mol. The van der Waals surface area contributed by atoms with E-state index in [0.29, 0.717) is 30.1 Å². The first kappa shape index (κ1) is 16.0. The van der Waals surface area contributed by atoms with Crippen LogP contribution < -0.4 is 15.4 Å². The zero-order valence-electron chi connectivity index (χ0n) is 12.7. The van der Waals surface area contributed by atoms with Gasteiger partial charge < -0.3 is 15.4 Å². The number of halogens is 1. The van der Waals surface area contributed by atoms with Crippen molar-refractivity contribution in [2.45, 2.75) is 13.0 Å². The number of nitro benzene ring substituents is 1. The van der Waals surface area contributed by atoms with Crippen LogP contribution in [-0.4, -0.2) is 18.6 Å². The molecule has 0 saturated carbocycles. The lowest BCUT2D eigenvalue weighted by atomic mass is 10.0. The molecule has 2 aromatic rings. The average molecular weight is 348 g/mol. The highest BCUT2D eigenvalue weighted by molar-refractivity contribution is 7.16. The smallest absolute Gasteiger partial charge is 0.295 e. The van der Waals surface area contributed by atoms with Gasteiger partial charge in [-0.05, 0) is 12.0 Å². The lowest BCUT2D eigenvalue weighted by Gasteiger charge is -2.28. The van der Waals surface area contributed by atoms with Gasteiger partial charge in [-0.1, -0.05) is 0 Å². The number of nitrogen functional groups attached to an aromatic ring is 1. The monoisotopic (exact) mass is 348 g/mol. The van der Waals surface area contributed by atoms with Crippen LogP contribution in [0.5, 0.6) is 5.75 Å². The van der Waals surface area contributed by atoms with E-state index in [1.807, 2.05) is 0 Å². The molecule has 2 N–H and O–H groups in total. The standard InChI is InChI=1S/C15H13FN4O3S/c1-23-13-5-11(12(20(21)22)4-10(13)16)19-3-2-8-9(6-17)15(18)24-14(8)7-19/h4-5H,2-3,7,18H2,1H3. The Morgan fingerprint density at radius 1 is 1.54 bits per heavy atom. The molecule has 0 fully saturated rings. The maximum atomic E-state index is 13.8. The Morgan fingerprint density at radius 3 is 2.92 bits per heavy atom. The fraction of sp³-hybridized carbons (Fsp3) is 0.267. The number of nitro groups is 1. The highest BCUT2D eigenvalue weighted by Gasteiger charge is 2.29. The van der Waals surface area contributed by atoms with Gasteiger partial charge in [0.25, 0.3) is 5.69 Å². The first-order valence-corrected chi connectivity index (χ1v) is 7.85. The normalized spacial score (nSPS) is 13.3. The van der Waals surface area contributed by atoms with Gasteiger partial charge in [0.05, 0.1) is 30.2 Å². The van der Waals surface area contributed by atoms with Crippen LogP contribution in [0.1, 0.15) is 16.0 Å². The number of fused-ring (bicyclic) bond motifs is 1. The third-order valence-electron chi connectivity index (χ3n) is 3.98. The summed E-state index contributed by atoms with van der Waals surface area (Å²) in [5, 5.41) is 20.9. The van der Waals surface area contributed by atoms with Crippen LogP contribution in [0.25, 0.3) is 0 Å². The van der Waals surface area contributed by atoms with Gasteiger partial charge in [0.2, 0.25) is 0 Å². The number of thiophene rings is 1. The van der Waals surface area contributed by atoms with E-state index in [1.165, 1.54) is 24.5 Å². The molecular formula is C15H13FN4O3S. The van der Waals surface area contributed by atoms with Gasteiger partial charge in [-0.15, -0.1) is 11.3 Å². The molecule has 0 radical (unpaired) electrons. The topological polar surface area (TPSA) is 105 Å². The summed E-state index contributed by atoms with van der Waals surface area (Å²) in [6.45, 7) is 0.842. The number of nitrogens with two attached hydrogens (primary N) is 1. The molecule has 9 heteroatoms. The molecule has 1 aliphatic rings. The molecule has 3 rings (SSSR count). The number of methoxy groups -OCH3 is 1. The van der Waals surface area contributed by atoms with Crippen molar-refractivity contribution in [1.29, 1.82) is 5.26 Å². The van der Waals surface area contributed by atoms with Crippen LogP contribution in [0.3, 0.4) is 0 Å². The van der Waals surface area contributed by atoms with Crippen molar-refractivity contribution in [3.05, 3.63) is 44.1 Å². The zero-order valence-corrected chi connectivity index (χ0v) is 13.5. The first-order valence-electron chi connectivity index (χ1n) is 7.03. The van der Waals surface area contributed by atoms with Crippen molar-refractivity contribution in [2.75, 3.05) is 24.3 Å². The van der Waals surface area contributed by atoms with Crippen molar-refractivity contribution >= 4 is 27.7 Å². The number of benzene rings is 1. The number of nitrogens with zero attached hydrogens (tertiary/aromatic N) is 3. The Kier molecular flexibility index (Phi) is 3.99. The Hall–Kier alpha value is -2.86. The predicted molar refractivity (Wildman–Crippen MR) is 87.8 cm³/mol. The Bertz CT molecular complexity index is 875. The average Bonchev–Trinajstić information content (AvgIpc) is 2.88. The summed E-state index contributed by atoms with van der Waals surface area (Å²) in [7, 11) is 1.31. The molecule has 24 heavy (non-hydrogen) atoms. The van der Waals surface area contributed by atoms with Crippen molar-refractivity contribution in [3.8, 4) is 11.8 Å². The molecule has 1 aromatic heterocycles. The fourth-order valence-electron chi connectivity index (χ4n) is 2.84. The van der Waals surface area contributed by atoms with Gasteiger partial charge in [0.15, 0.2) is 11.6 Å². The zero-order chi connectivity index (χ0) is 17.4. The second-order valence-electron chi connectivity index (χ2n) is 5.26. The van der Waals surface area contributed by atoms with Gasteiger partial charge in [0, 0.05) is 17.5 Å². The highest BCUT2D eigenvalue weighted by atomic mass is 32.1. The molecule has 0 unspecified atom stereocenters.